The predicted octanol–water partition coefficient (Wildman–Crippen LogP) is 0.861. The number of benzene rings is 1. The highest BCUT2D eigenvalue weighted by molar-refractivity contribution is 5.84. The van der Waals surface area contributed by atoms with Crippen molar-refractivity contribution in [2.75, 3.05) is 18.6 Å². The zero-order valence-corrected chi connectivity index (χ0v) is 13.3. The standard InChI is InChI=1S/C15H17N5O4/c1-3-23-13(21)9-24-12-7-5-4-6-11(12)8-16-19-15-17-14(22)10(2)18-20-15/h4-8H,3,9H2,1-2H3,(H2,17,19,20,22)/b16-8-. The van der Waals surface area contributed by atoms with Gasteiger partial charge in [-0.15, -0.1) is 10.2 Å². The molecule has 0 fully saturated rings. The molecule has 0 unspecified atom stereocenters. The molecule has 126 valence electrons. The lowest BCUT2D eigenvalue weighted by Crippen LogP contribution is -2.16. The fourth-order valence-electron chi connectivity index (χ4n) is 1.66. The lowest BCUT2D eigenvalue weighted by molar-refractivity contribution is -0.145. The molecule has 1 aromatic heterocycles. The molecule has 0 aliphatic heterocycles. The molecule has 2 rings (SSSR count). The number of carbonyl (C=O) groups excluding carboxylic acids is 1. The van der Waals surface area contributed by atoms with Crippen molar-refractivity contribution in [2.24, 2.45) is 5.10 Å². The molecule has 0 saturated heterocycles. The van der Waals surface area contributed by atoms with E-state index in [9.17, 15) is 9.59 Å². The van der Waals surface area contributed by atoms with Crippen LogP contribution in [0.15, 0.2) is 34.2 Å². The van der Waals surface area contributed by atoms with Gasteiger partial charge in [-0.2, -0.15) is 5.10 Å². The molecule has 2 aromatic rings. The smallest absolute Gasteiger partial charge is 0.344 e. The zero-order chi connectivity index (χ0) is 17.4. The molecule has 1 aromatic carbocycles. The number of nitrogens with one attached hydrogen (secondary N) is 2. The summed E-state index contributed by atoms with van der Waals surface area (Å²) < 4.78 is 10.2. The van der Waals surface area contributed by atoms with E-state index in [0.29, 0.717) is 17.9 Å². The van der Waals surface area contributed by atoms with Crippen molar-refractivity contribution >= 4 is 18.1 Å². The van der Waals surface area contributed by atoms with Crippen LogP contribution in [0.4, 0.5) is 5.95 Å². The Kier molecular flexibility index (Phi) is 6.01. The predicted molar refractivity (Wildman–Crippen MR) is 87.2 cm³/mol. The van der Waals surface area contributed by atoms with Crippen LogP contribution < -0.4 is 15.7 Å². The highest BCUT2D eigenvalue weighted by atomic mass is 16.6. The van der Waals surface area contributed by atoms with Crippen LogP contribution in [-0.4, -0.2) is 40.6 Å². The molecule has 1 heterocycles. The number of H-pyrrole nitrogens is 1. The molecule has 0 radical (unpaired) electrons. The zero-order valence-electron chi connectivity index (χ0n) is 13.3. The maximum Gasteiger partial charge on any atom is 0.344 e. The molecule has 0 amide bonds. The first-order valence-electron chi connectivity index (χ1n) is 7.20. The third-order valence-electron chi connectivity index (χ3n) is 2.80. The molecule has 9 nitrogen and oxygen atoms in total. The van der Waals surface area contributed by atoms with E-state index < -0.39 is 5.97 Å². The van der Waals surface area contributed by atoms with Crippen LogP contribution in [-0.2, 0) is 9.53 Å². The summed E-state index contributed by atoms with van der Waals surface area (Å²) in [7, 11) is 0. The van der Waals surface area contributed by atoms with Crippen molar-refractivity contribution in [3.8, 4) is 5.75 Å². The second-order valence-corrected chi connectivity index (χ2v) is 4.59. The normalized spacial score (nSPS) is 10.6. The number of hydrogen-bond donors (Lipinski definition) is 2. The molecule has 24 heavy (non-hydrogen) atoms. The van der Waals surface area contributed by atoms with Crippen LogP contribution >= 0.6 is 0 Å². The van der Waals surface area contributed by atoms with Gasteiger partial charge >= 0.3 is 5.97 Å². The van der Waals surface area contributed by atoms with Gasteiger partial charge in [0.05, 0.1) is 12.8 Å². The maximum atomic E-state index is 11.4. The van der Waals surface area contributed by atoms with Crippen molar-refractivity contribution < 1.29 is 14.3 Å². The second-order valence-electron chi connectivity index (χ2n) is 4.59. The van der Waals surface area contributed by atoms with E-state index in [2.05, 4.69) is 25.7 Å². The van der Waals surface area contributed by atoms with Crippen molar-refractivity contribution in [2.45, 2.75) is 13.8 Å². The molecule has 0 atom stereocenters. The molecule has 0 aliphatic carbocycles. The fourth-order valence-corrected chi connectivity index (χ4v) is 1.66. The average Bonchev–Trinajstić information content (AvgIpc) is 2.57. The van der Waals surface area contributed by atoms with Gasteiger partial charge in [-0.25, -0.2) is 10.2 Å². The number of hydrazone groups is 1. The minimum atomic E-state index is -0.449. The van der Waals surface area contributed by atoms with E-state index in [1.165, 1.54) is 6.21 Å². The minimum Gasteiger partial charge on any atom is -0.481 e. The third kappa shape index (κ3) is 4.90. The van der Waals surface area contributed by atoms with E-state index >= 15 is 0 Å². The van der Waals surface area contributed by atoms with E-state index in [-0.39, 0.29) is 23.8 Å². The van der Waals surface area contributed by atoms with Crippen LogP contribution in [0.5, 0.6) is 5.75 Å². The van der Waals surface area contributed by atoms with Gasteiger partial charge in [-0.05, 0) is 26.0 Å². The number of aryl methyl sites for hydroxylation is 1. The first-order valence-corrected chi connectivity index (χ1v) is 7.20. The molecule has 2 N–H and O–H groups in total. The van der Waals surface area contributed by atoms with Gasteiger partial charge in [0, 0.05) is 5.56 Å². The van der Waals surface area contributed by atoms with Gasteiger partial charge < -0.3 is 9.47 Å². The van der Waals surface area contributed by atoms with Crippen LogP contribution in [0.2, 0.25) is 0 Å². The Bertz CT molecular complexity index is 787. The van der Waals surface area contributed by atoms with E-state index in [1.54, 1.807) is 38.1 Å². The summed E-state index contributed by atoms with van der Waals surface area (Å²) in [6, 6.07) is 7.03. The van der Waals surface area contributed by atoms with Gasteiger partial charge in [-0.1, -0.05) is 12.1 Å². The Hall–Kier alpha value is -3.23. The van der Waals surface area contributed by atoms with Gasteiger partial charge in [0.1, 0.15) is 11.4 Å². The van der Waals surface area contributed by atoms with Crippen LogP contribution in [0.25, 0.3) is 0 Å². The van der Waals surface area contributed by atoms with Gasteiger partial charge in [-0.3, -0.25) is 9.78 Å². The monoisotopic (exact) mass is 331 g/mol. The van der Waals surface area contributed by atoms with Gasteiger partial charge in [0.25, 0.3) is 5.56 Å². The van der Waals surface area contributed by atoms with Crippen LogP contribution in [0, 0.1) is 6.92 Å². The maximum absolute atomic E-state index is 11.4. The number of nitrogens with zero attached hydrogens (tertiary/aromatic N) is 3. The molecule has 0 bridgehead atoms. The van der Waals surface area contributed by atoms with Crippen LogP contribution in [0.1, 0.15) is 18.2 Å². The summed E-state index contributed by atoms with van der Waals surface area (Å²) in [6.45, 7) is 3.38. The summed E-state index contributed by atoms with van der Waals surface area (Å²) in [5, 5.41) is 11.4. The van der Waals surface area contributed by atoms with Crippen molar-refractivity contribution in [3.63, 3.8) is 0 Å². The molecule has 0 spiro atoms. The summed E-state index contributed by atoms with van der Waals surface area (Å²) in [6.07, 6.45) is 1.47. The van der Waals surface area contributed by atoms with Gasteiger partial charge in [0.15, 0.2) is 6.61 Å². The minimum absolute atomic E-state index is 0.117. The third-order valence-corrected chi connectivity index (χ3v) is 2.80. The number of anilines is 1. The molecule has 0 aliphatic rings. The Morgan fingerprint density at radius 2 is 2.17 bits per heavy atom. The Morgan fingerprint density at radius 1 is 1.38 bits per heavy atom. The lowest BCUT2D eigenvalue weighted by Gasteiger charge is -2.08. The number of para-hydroxylation sites is 1. The summed E-state index contributed by atoms with van der Waals surface area (Å²) >= 11 is 0. The SMILES string of the molecule is CCOC(=O)COc1ccccc1/C=N\Nc1nnc(C)c(=O)[nH]1. The number of aromatic amines is 1. The Balaban J connectivity index is 2.02. The first kappa shape index (κ1) is 17.1. The number of ether oxygens (including phenoxy) is 2. The largest absolute Gasteiger partial charge is 0.481 e. The highest BCUT2D eigenvalue weighted by Crippen LogP contribution is 2.15. The van der Waals surface area contributed by atoms with Crippen molar-refractivity contribution in [3.05, 3.63) is 45.9 Å². The molecule has 0 saturated carbocycles. The molecular formula is C15H17N5O4. The average molecular weight is 331 g/mol. The summed E-state index contributed by atoms with van der Waals surface area (Å²) in [5.74, 6) is 0.140. The Labute approximate surface area is 137 Å². The van der Waals surface area contributed by atoms with Gasteiger partial charge in [0.2, 0.25) is 5.95 Å². The number of carbonyl (C=O) groups is 1. The Morgan fingerprint density at radius 3 is 2.92 bits per heavy atom. The highest BCUT2D eigenvalue weighted by Gasteiger charge is 2.06. The number of esters is 1. The van der Waals surface area contributed by atoms with Crippen LogP contribution in [0.3, 0.4) is 0 Å². The summed E-state index contributed by atoms with van der Waals surface area (Å²) in [5.41, 5.74) is 3.12. The number of rotatable bonds is 7. The van der Waals surface area contributed by atoms with E-state index in [0.717, 1.165) is 0 Å². The lowest BCUT2D eigenvalue weighted by atomic mass is 10.2. The summed E-state index contributed by atoms with van der Waals surface area (Å²) in [4.78, 5) is 25.2. The van der Waals surface area contributed by atoms with E-state index in [4.69, 9.17) is 9.47 Å². The quantitative estimate of drug-likeness (QED) is 0.439. The van der Waals surface area contributed by atoms with Crippen molar-refractivity contribution in [1.82, 2.24) is 15.2 Å². The topological polar surface area (TPSA) is 119 Å². The van der Waals surface area contributed by atoms with Crippen molar-refractivity contribution in [1.29, 1.82) is 0 Å². The second kappa shape index (κ2) is 8.42. The number of aromatic nitrogens is 3. The fraction of sp³-hybridized carbons (Fsp3) is 0.267. The molecular weight excluding hydrogens is 314 g/mol. The van der Waals surface area contributed by atoms with E-state index in [1.807, 2.05) is 0 Å². The number of hydrogen-bond acceptors (Lipinski definition) is 8. The molecule has 9 heteroatoms. The first-order chi connectivity index (χ1) is 11.6.